The minimum absolute atomic E-state index is 0.881. The van der Waals surface area contributed by atoms with Gasteiger partial charge in [-0.15, -0.1) is 11.3 Å². The summed E-state index contributed by atoms with van der Waals surface area (Å²) >= 11 is 1.85. The lowest BCUT2D eigenvalue weighted by Crippen LogP contribution is -2.28. The average molecular weight is 289 g/mol. The molecule has 1 saturated carbocycles. The van der Waals surface area contributed by atoms with E-state index in [2.05, 4.69) is 30.7 Å². The normalized spacial score (nSPS) is 15.0. The summed E-state index contributed by atoms with van der Waals surface area (Å²) in [6.07, 6.45) is 3.93. The van der Waals surface area contributed by atoms with Gasteiger partial charge in [-0.1, -0.05) is 6.92 Å². The van der Waals surface area contributed by atoms with Gasteiger partial charge in [0.2, 0.25) is 0 Å². The molecule has 1 fully saturated rings. The second kappa shape index (κ2) is 5.32. The molecular weight excluding hydrogens is 266 g/mol. The van der Waals surface area contributed by atoms with E-state index >= 15 is 0 Å². The lowest BCUT2D eigenvalue weighted by molar-refractivity contribution is 0.699. The second-order valence-electron chi connectivity index (χ2n) is 5.92. The van der Waals surface area contributed by atoms with Crippen molar-refractivity contribution in [2.75, 3.05) is 18.0 Å². The second-order valence-corrected chi connectivity index (χ2v) is 7.35. The Morgan fingerprint density at radius 3 is 2.55 bits per heavy atom. The van der Waals surface area contributed by atoms with Gasteiger partial charge in [0.25, 0.3) is 0 Å². The van der Waals surface area contributed by atoms with Crippen molar-refractivity contribution < 1.29 is 0 Å². The first-order valence-electron chi connectivity index (χ1n) is 7.59. The fraction of sp³-hybridized carbons (Fsp3) is 0.625. The molecule has 0 N–H and O–H groups in total. The summed E-state index contributed by atoms with van der Waals surface area (Å²) in [5.74, 6) is 2.94. The summed E-state index contributed by atoms with van der Waals surface area (Å²) < 4.78 is 0. The first-order chi connectivity index (χ1) is 9.60. The molecule has 2 aromatic rings. The molecule has 0 spiro atoms. The Morgan fingerprint density at radius 2 is 1.90 bits per heavy atom. The zero-order chi connectivity index (χ0) is 14.3. The number of aryl methyl sites for hydroxylation is 3. The van der Waals surface area contributed by atoms with Crippen LogP contribution < -0.4 is 4.90 Å². The number of rotatable bonds is 5. The highest BCUT2D eigenvalue weighted by atomic mass is 32.1. The highest BCUT2D eigenvalue weighted by molar-refractivity contribution is 7.13. The molecule has 0 unspecified atom stereocenters. The lowest BCUT2D eigenvalue weighted by Gasteiger charge is -2.24. The lowest BCUT2D eigenvalue weighted by atomic mass is 10.2. The molecule has 0 aliphatic heterocycles. The number of hydrogen-bond acceptors (Lipinski definition) is 4. The third-order valence-electron chi connectivity index (χ3n) is 3.96. The summed E-state index contributed by atoms with van der Waals surface area (Å²) in [6.45, 7) is 10.9. The standard InChI is InChI=1S/C16H23N3S/c1-5-8-19(9-13-6-7-13)16-14-10(2)20-11(3)15(14)17-12(4)18-16/h13H,5-9H2,1-4H3. The van der Waals surface area contributed by atoms with E-state index in [0.29, 0.717) is 0 Å². The zero-order valence-corrected chi connectivity index (χ0v) is 13.7. The van der Waals surface area contributed by atoms with E-state index in [1.165, 1.54) is 40.2 Å². The molecule has 0 aromatic carbocycles. The number of aromatic nitrogens is 2. The van der Waals surface area contributed by atoms with E-state index in [1.54, 1.807) is 0 Å². The van der Waals surface area contributed by atoms with Crippen molar-refractivity contribution >= 4 is 28.1 Å². The van der Waals surface area contributed by atoms with Gasteiger partial charge in [-0.3, -0.25) is 0 Å². The Kier molecular flexibility index (Phi) is 3.67. The predicted molar refractivity (Wildman–Crippen MR) is 86.9 cm³/mol. The van der Waals surface area contributed by atoms with E-state index in [0.717, 1.165) is 30.3 Å². The van der Waals surface area contributed by atoms with Crippen LogP contribution in [0.3, 0.4) is 0 Å². The van der Waals surface area contributed by atoms with E-state index in [-0.39, 0.29) is 0 Å². The molecule has 0 atom stereocenters. The minimum Gasteiger partial charge on any atom is -0.356 e. The Bertz CT molecular complexity index is 628. The first kappa shape index (κ1) is 13.8. The molecule has 0 amide bonds. The summed E-state index contributed by atoms with van der Waals surface area (Å²) in [7, 11) is 0. The van der Waals surface area contributed by atoms with Gasteiger partial charge in [0, 0.05) is 22.8 Å². The van der Waals surface area contributed by atoms with Crippen LogP contribution in [0.5, 0.6) is 0 Å². The summed E-state index contributed by atoms with van der Waals surface area (Å²) in [4.78, 5) is 14.6. The molecule has 3 rings (SSSR count). The molecule has 108 valence electrons. The maximum Gasteiger partial charge on any atom is 0.141 e. The van der Waals surface area contributed by atoms with E-state index in [1.807, 2.05) is 18.3 Å². The smallest absolute Gasteiger partial charge is 0.141 e. The van der Waals surface area contributed by atoms with Crippen molar-refractivity contribution in [3.05, 3.63) is 15.6 Å². The Balaban J connectivity index is 2.11. The van der Waals surface area contributed by atoms with E-state index in [4.69, 9.17) is 4.98 Å². The van der Waals surface area contributed by atoms with Gasteiger partial charge < -0.3 is 4.90 Å². The minimum atomic E-state index is 0.881. The molecule has 0 saturated heterocycles. The van der Waals surface area contributed by atoms with Crippen molar-refractivity contribution in [2.45, 2.75) is 47.0 Å². The molecule has 1 aliphatic rings. The van der Waals surface area contributed by atoms with Crippen molar-refractivity contribution in [1.82, 2.24) is 9.97 Å². The fourth-order valence-electron chi connectivity index (χ4n) is 2.86. The zero-order valence-electron chi connectivity index (χ0n) is 12.9. The number of hydrogen-bond donors (Lipinski definition) is 0. The summed E-state index contributed by atoms with van der Waals surface area (Å²) in [5, 5.41) is 1.28. The molecule has 1 aliphatic carbocycles. The van der Waals surface area contributed by atoms with Crippen molar-refractivity contribution in [3.8, 4) is 0 Å². The monoisotopic (exact) mass is 289 g/mol. The van der Waals surface area contributed by atoms with Crippen LogP contribution in [0.25, 0.3) is 10.9 Å². The van der Waals surface area contributed by atoms with Crippen LogP contribution in [0.4, 0.5) is 5.82 Å². The van der Waals surface area contributed by atoms with Crippen LogP contribution in [0.15, 0.2) is 0 Å². The van der Waals surface area contributed by atoms with Gasteiger partial charge >= 0.3 is 0 Å². The maximum absolute atomic E-state index is 4.80. The summed E-state index contributed by atoms with van der Waals surface area (Å²) in [6, 6.07) is 0. The van der Waals surface area contributed by atoms with Gasteiger partial charge in [0.15, 0.2) is 0 Å². The Labute approximate surface area is 125 Å². The van der Waals surface area contributed by atoms with Gasteiger partial charge in [-0.05, 0) is 46.0 Å². The first-order valence-corrected chi connectivity index (χ1v) is 8.41. The van der Waals surface area contributed by atoms with Gasteiger partial charge in [-0.25, -0.2) is 9.97 Å². The highest BCUT2D eigenvalue weighted by Crippen LogP contribution is 2.37. The molecule has 0 radical (unpaired) electrons. The van der Waals surface area contributed by atoms with Crippen LogP contribution in [0.1, 0.15) is 41.8 Å². The van der Waals surface area contributed by atoms with Crippen molar-refractivity contribution in [1.29, 1.82) is 0 Å². The number of thiophene rings is 1. The Morgan fingerprint density at radius 1 is 1.15 bits per heavy atom. The number of fused-ring (bicyclic) bond motifs is 1. The molecule has 2 aromatic heterocycles. The average Bonchev–Trinajstić information content (AvgIpc) is 3.16. The number of anilines is 1. The van der Waals surface area contributed by atoms with Crippen LogP contribution >= 0.6 is 11.3 Å². The number of nitrogens with zero attached hydrogens (tertiary/aromatic N) is 3. The molecule has 3 nitrogen and oxygen atoms in total. The van der Waals surface area contributed by atoms with Gasteiger partial charge in [0.05, 0.1) is 10.9 Å². The topological polar surface area (TPSA) is 29.0 Å². The maximum atomic E-state index is 4.80. The quantitative estimate of drug-likeness (QED) is 0.824. The predicted octanol–water partition coefficient (Wildman–Crippen LogP) is 4.24. The van der Waals surface area contributed by atoms with Gasteiger partial charge in [0.1, 0.15) is 11.6 Å². The van der Waals surface area contributed by atoms with Crippen LogP contribution in [0, 0.1) is 26.7 Å². The summed E-state index contributed by atoms with van der Waals surface area (Å²) in [5.41, 5.74) is 1.16. The molecular formula is C16H23N3S. The van der Waals surface area contributed by atoms with Crippen LogP contribution in [-0.2, 0) is 0 Å². The molecule has 4 heteroatoms. The third-order valence-corrected chi connectivity index (χ3v) is 4.97. The van der Waals surface area contributed by atoms with Crippen LogP contribution in [-0.4, -0.2) is 23.1 Å². The van der Waals surface area contributed by atoms with Crippen molar-refractivity contribution in [2.24, 2.45) is 5.92 Å². The molecule has 0 bridgehead atoms. The van der Waals surface area contributed by atoms with E-state index < -0.39 is 0 Å². The highest BCUT2D eigenvalue weighted by Gasteiger charge is 2.26. The SMILES string of the molecule is CCCN(CC1CC1)c1nc(C)nc2c(C)sc(C)c12. The molecule has 20 heavy (non-hydrogen) atoms. The fourth-order valence-corrected chi connectivity index (χ4v) is 3.85. The Hall–Kier alpha value is -1.16. The molecule has 2 heterocycles. The van der Waals surface area contributed by atoms with Gasteiger partial charge in [-0.2, -0.15) is 0 Å². The largest absolute Gasteiger partial charge is 0.356 e. The van der Waals surface area contributed by atoms with Crippen LogP contribution in [0.2, 0.25) is 0 Å². The van der Waals surface area contributed by atoms with E-state index in [9.17, 15) is 0 Å². The van der Waals surface area contributed by atoms with Crippen molar-refractivity contribution in [3.63, 3.8) is 0 Å². The third kappa shape index (κ3) is 2.53.